The number of piperidine rings is 1. The van der Waals surface area contributed by atoms with Gasteiger partial charge < -0.3 is 19.5 Å². The average molecular weight is 334 g/mol. The van der Waals surface area contributed by atoms with Crippen LogP contribution in [0.1, 0.15) is 39.7 Å². The van der Waals surface area contributed by atoms with Crippen LogP contribution in [0.5, 0.6) is 0 Å². The molecule has 0 spiro atoms. The van der Waals surface area contributed by atoms with Crippen LogP contribution in [-0.4, -0.2) is 51.5 Å². The van der Waals surface area contributed by atoms with Crippen LogP contribution >= 0.6 is 0 Å². The Morgan fingerprint density at radius 3 is 2.75 bits per heavy atom. The summed E-state index contributed by atoms with van der Waals surface area (Å²) in [5.41, 5.74) is 2.58. The van der Waals surface area contributed by atoms with Crippen molar-refractivity contribution in [2.75, 3.05) is 13.1 Å². The first-order valence-corrected chi connectivity index (χ1v) is 8.00. The van der Waals surface area contributed by atoms with E-state index in [1.807, 2.05) is 13.8 Å². The van der Waals surface area contributed by atoms with Crippen LogP contribution in [0, 0.1) is 20.8 Å². The Morgan fingerprint density at radius 2 is 2.17 bits per heavy atom. The summed E-state index contributed by atoms with van der Waals surface area (Å²) in [6.45, 7) is 7.47. The van der Waals surface area contributed by atoms with Gasteiger partial charge in [-0.3, -0.25) is 9.69 Å². The fraction of sp³-hybridized carbons (Fsp3) is 0.562. The molecule has 1 amide bonds. The smallest absolute Gasteiger partial charge is 0.290 e. The first-order chi connectivity index (χ1) is 11.4. The number of nitrogens with zero attached hydrogens (tertiary/aromatic N) is 3. The highest BCUT2D eigenvalue weighted by molar-refractivity contribution is 5.91. The van der Waals surface area contributed by atoms with Crippen LogP contribution in [0.2, 0.25) is 0 Å². The fourth-order valence-corrected chi connectivity index (χ4v) is 2.97. The third kappa shape index (κ3) is 3.49. The number of likely N-dealkylation sites (tertiary alicyclic amines) is 1. The number of hydrogen-bond acceptors (Lipinski definition) is 7. The van der Waals surface area contributed by atoms with Crippen molar-refractivity contribution in [2.24, 2.45) is 0 Å². The van der Waals surface area contributed by atoms with Crippen molar-refractivity contribution in [3.63, 3.8) is 0 Å². The first kappa shape index (κ1) is 16.7. The van der Waals surface area contributed by atoms with E-state index in [4.69, 9.17) is 9.05 Å². The molecule has 8 nitrogen and oxygen atoms in total. The quantitative estimate of drug-likeness (QED) is 0.858. The van der Waals surface area contributed by atoms with Gasteiger partial charge in [-0.1, -0.05) is 10.3 Å². The second kappa shape index (κ2) is 6.74. The van der Waals surface area contributed by atoms with Crippen molar-refractivity contribution in [3.05, 3.63) is 34.5 Å². The monoisotopic (exact) mass is 334 g/mol. The number of rotatable bonds is 4. The Bertz CT molecular complexity index is 704. The molecule has 1 fully saturated rings. The molecule has 0 aromatic carbocycles. The van der Waals surface area contributed by atoms with Gasteiger partial charge in [0.2, 0.25) is 5.76 Å². The Labute approximate surface area is 139 Å². The number of aliphatic hydroxyl groups is 1. The summed E-state index contributed by atoms with van der Waals surface area (Å²) in [7, 11) is 0. The molecule has 1 aliphatic rings. The minimum atomic E-state index is -0.646. The molecule has 24 heavy (non-hydrogen) atoms. The van der Waals surface area contributed by atoms with Crippen molar-refractivity contribution in [3.8, 4) is 0 Å². The standard InChI is InChI=1S/C16H22N4O4/c1-9-6-15(24-18-9)16(22)17-13-4-5-20(8-14(13)21)7-12-10(2)19-23-11(12)3/h6,13-14,21H,4-5,7-8H2,1-3H3,(H,17,22)/t13-,14-/m1/s1. The van der Waals surface area contributed by atoms with E-state index in [-0.39, 0.29) is 17.7 Å². The number of hydrogen-bond donors (Lipinski definition) is 2. The zero-order chi connectivity index (χ0) is 17.3. The number of amides is 1. The van der Waals surface area contributed by atoms with Gasteiger partial charge in [-0.2, -0.15) is 0 Å². The highest BCUT2D eigenvalue weighted by atomic mass is 16.5. The molecule has 3 rings (SSSR count). The van der Waals surface area contributed by atoms with Gasteiger partial charge in [-0.15, -0.1) is 0 Å². The Balaban J connectivity index is 1.56. The minimum absolute atomic E-state index is 0.165. The first-order valence-electron chi connectivity index (χ1n) is 8.00. The second-order valence-electron chi connectivity index (χ2n) is 6.31. The molecule has 1 aliphatic heterocycles. The zero-order valence-corrected chi connectivity index (χ0v) is 14.1. The summed E-state index contributed by atoms with van der Waals surface area (Å²) in [4.78, 5) is 14.2. The van der Waals surface area contributed by atoms with Crippen molar-refractivity contribution in [2.45, 2.75) is 45.9 Å². The summed E-state index contributed by atoms with van der Waals surface area (Å²) in [6.07, 6.45) is 0.0100. The van der Waals surface area contributed by atoms with E-state index in [9.17, 15) is 9.90 Å². The molecule has 2 N–H and O–H groups in total. The molecule has 2 atom stereocenters. The Hall–Kier alpha value is -2.19. The molecule has 0 aliphatic carbocycles. The molecule has 2 aromatic heterocycles. The van der Waals surface area contributed by atoms with Crippen molar-refractivity contribution in [1.82, 2.24) is 20.5 Å². The van der Waals surface area contributed by atoms with Crippen LogP contribution in [0.3, 0.4) is 0 Å². The number of aliphatic hydroxyl groups excluding tert-OH is 1. The molecular formula is C16H22N4O4. The van der Waals surface area contributed by atoms with E-state index in [2.05, 4.69) is 20.5 Å². The lowest BCUT2D eigenvalue weighted by Crippen LogP contribution is -2.53. The summed E-state index contributed by atoms with van der Waals surface area (Å²) >= 11 is 0. The van der Waals surface area contributed by atoms with Gasteiger partial charge in [0.1, 0.15) is 5.76 Å². The lowest BCUT2D eigenvalue weighted by atomic mass is 10.0. The summed E-state index contributed by atoms with van der Waals surface area (Å²) in [5, 5.41) is 20.8. The normalized spacial score (nSPS) is 21.8. The molecule has 130 valence electrons. The number of β-amino-alcohol motifs (C(OH)–C–C–N with tert-alkyl or cyclic N) is 1. The maximum Gasteiger partial charge on any atom is 0.290 e. The Kier molecular flexibility index (Phi) is 4.68. The van der Waals surface area contributed by atoms with Gasteiger partial charge in [-0.05, 0) is 27.2 Å². The molecule has 2 aromatic rings. The predicted octanol–water partition coefficient (Wildman–Crippen LogP) is 0.953. The number of aryl methyl sites for hydroxylation is 3. The largest absolute Gasteiger partial charge is 0.390 e. The molecule has 1 saturated heterocycles. The van der Waals surface area contributed by atoms with Crippen LogP contribution in [-0.2, 0) is 6.54 Å². The Morgan fingerprint density at radius 1 is 1.38 bits per heavy atom. The van der Waals surface area contributed by atoms with E-state index in [0.717, 1.165) is 23.6 Å². The number of carbonyl (C=O) groups excluding carboxylic acids is 1. The third-order valence-electron chi connectivity index (χ3n) is 4.40. The number of nitrogens with one attached hydrogen (secondary N) is 1. The fourth-order valence-electron chi connectivity index (χ4n) is 2.97. The van der Waals surface area contributed by atoms with Crippen molar-refractivity contribution < 1.29 is 18.9 Å². The lowest BCUT2D eigenvalue weighted by Gasteiger charge is -2.36. The summed E-state index contributed by atoms with van der Waals surface area (Å²) < 4.78 is 10.1. The van der Waals surface area contributed by atoms with Gasteiger partial charge in [0.25, 0.3) is 5.91 Å². The molecule has 0 bridgehead atoms. The van der Waals surface area contributed by atoms with Crippen molar-refractivity contribution >= 4 is 5.91 Å². The molecule has 0 unspecified atom stereocenters. The third-order valence-corrected chi connectivity index (χ3v) is 4.40. The lowest BCUT2D eigenvalue weighted by molar-refractivity contribution is 0.0339. The topological polar surface area (TPSA) is 105 Å². The maximum atomic E-state index is 12.1. The molecule has 3 heterocycles. The molecule has 0 radical (unpaired) electrons. The van der Waals surface area contributed by atoms with Crippen LogP contribution in [0.25, 0.3) is 0 Å². The van der Waals surface area contributed by atoms with Crippen LogP contribution in [0.4, 0.5) is 0 Å². The summed E-state index contributed by atoms with van der Waals surface area (Å²) in [5.74, 6) is 0.620. The maximum absolute atomic E-state index is 12.1. The highest BCUT2D eigenvalue weighted by Gasteiger charge is 2.30. The van der Waals surface area contributed by atoms with E-state index >= 15 is 0 Å². The minimum Gasteiger partial charge on any atom is -0.390 e. The molecular weight excluding hydrogens is 312 g/mol. The van der Waals surface area contributed by atoms with E-state index in [0.29, 0.717) is 25.2 Å². The van der Waals surface area contributed by atoms with E-state index in [1.54, 1.807) is 13.0 Å². The van der Waals surface area contributed by atoms with Crippen LogP contribution in [0.15, 0.2) is 15.1 Å². The number of carbonyl (C=O) groups is 1. The SMILES string of the molecule is Cc1cc(C(=O)N[C@@H]2CCN(Cc3c(C)noc3C)C[C@H]2O)on1. The van der Waals surface area contributed by atoms with E-state index < -0.39 is 6.10 Å². The highest BCUT2D eigenvalue weighted by Crippen LogP contribution is 2.19. The van der Waals surface area contributed by atoms with Gasteiger partial charge in [0, 0.05) is 31.3 Å². The van der Waals surface area contributed by atoms with Crippen molar-refractivity contribution in [1.29, 1.82) is 0 Å². The number of aromatic nitrogens is 2. The molecule has 8 heteroatoms. The van der Waals surface area contributed by atoms with E-state index in [1.165, 1.54) is 0 Å². The average Bonchev–Trinajstić information content (AvgIpc) is 3.10. The van der Waals surface area contributed by atoms with Gasteiger partial charge in [-0.25, -0.2) is 0 Å². The van der Waals surface area contributed by atoms with Crippen LogP contribution < -0.4 is 5.32 Å². The summed E-state index contributed by atoms with van der Waals surface area (Å²) in [6, 6.07) is 1.28. The van der Waals surface area contributed by atoms with Gasteiger partial charge in [0.15, 0.2) is 0 Å². The molecule has 0 saturated carbocycles. The zero-order valence-electron chi connectivity index (χ0n) is 14.1. The van der Waals surface area contributed by atoms with Gasteiger partial charge in [0.05, 0.1) is 23.5 Å². The predicted molar refractivity (Wildman–Crippen MR) is 84.4 cm³/mol. The van der Waals surface area contributed by atoms with Gasteiger partial charge >= 0.3 is 0 Å². The second-order valence-corrected chi connectivity index (χ2v) is 6.31.